The van der Waals surface area contributed by atoms with E-state index >= 15 is 0 Å². The van der Waals surface area contributed by atoms with E-state index in [1.165, 1.54) is 25.0 Å². The molecule has 0 aromatic carbocycles. The summed E-state index contributed by atoms with van der Waals surface area (Å²) in [6.07, 6.45) is 5.38. The smallest absolute Gasteiger partial charge is 0.0648 e. The van der Waals surface area contributed by atoms with Crippen LogP contribution in [-0.4, -0.2) is 0 Å². The second-order valence-corrected chi connectivity index (χ2v) is 4.29. The van der Waals surface area contributed by atoms with E-state index in [-0.39, 0.29) is 0 Å². The van der Waals surface area contributed by atoms with Crippen molar-refractivity contribution in [1.82, 2.24) is 0 Å². The lowest BCUT2D eigenvalue weighted by atomic mass is 9.53. The first-order valence-corrected chi connectivity index (χ1v) is 4.72. The Morgan fingerprint density at radius 3 is 2.50 bits per heavy atom. The monoisotopic (exact) mass is 163 g/mol. The molecule has 0 heterocycles. The lowest BCUT2D eigenvalue weighted by molar-refractivity contribution is 0.122. The minimum absolute atomic E-state index is 0.864. The van der Waals surface area contributed by atoms with E-state index in [9.17, 15) is 0 Å². The van der Waals surface area contributed by atoms with Crippen LogP contribution in [0.1, 0.15) is 25.7 Å². The molecular weight excluding hydrogens is 150 g/mol. The van der Waals surface area contributed by atoms with Gasteiger partial charge in [-0.05, 0) is 49.0 Å². The van der Waals surface area contributed by atoms with Crippen LogP contribution in [0, 0.1) is 17.8 Å². The fraction of sp³-hybridized carbons (Fsp3) is 0.778. The van der Waals surface area contributed by atoms with Gasteiger partial charge in [-0.25, -0.2) is 0 Å². The molecule has 0 aromatic heterocycles. The van der Waals surface area contributed by atoms with Crippen molar-refractivity contribution in [1.29, 1.82) is 0 Å². The molecule has 5 aliphatic carbocycles. The SMILES string of the molecule is NN=NC1=C2C3CC(C1)CC2C3. The predicted molar refractivity (Wildman–Crippen MR) is 45.0 cm³/mol. The zero-order valence-electron chi connectivity index (χ0n) is 7.03. The molecule has 0 aromatic rings. The number of allylic oxidation sites excluding steroid dienone is 2. The minimum atomic E-state index is 0.864. The molecule has 3 saturated carbocycles. The van der Waals surface area contributed by atoms with Crippen molar-refractivity contribution >= 4 is 0 Å². The number of hydrogen-bond donors (Lipinski definition) is 1. The van der Waals surface area contributed by atoms with Crippen LogP contribution < -0.4 is 5.84 Å². The highest BCUT2D eigenvalue weighted by atomic mass is 15.3. The lowest BCUT2D eigenvalue weighted by Crippen LogP contribution is -2.41. The third-order valence-corrected chi connectivity index (χ3v) is 3.68. The number of nitrogens with two attached hydrogens (primary N) is 1. The Balaban J connectivity index is 2.02. The summed E-state index contributed by atoms with van der Waals surface area (Å²) >= 11 is 0. The maximum Gasteiger partial charge on any atom is 0.0648 e. The number of hydrogen-bond acceptors (Lipinski definition) is 2. The molecule has 2 atom stereocenters. The maximum absolute atomic E-state index is 5.08. The lowest BCUT2D eigenvalue weighted by Gasteiger charge is -2.52. The van der Waals surface area contributed by atoms with Gasteiger partial charge in [0.2, 0.25) is 0 Å². The highest BCUT2D eigenvalue weighted by molar-refractivity contribution is 5.33. The molecule has 0 aliphatic heterocycles. The van der Waals surface area contributed by atoms with Crippen LogP contribution in [0.15, 0.2) is 21.6 Å². The van der Waals surface area contributed by atoms with E-state index in [0.717, 1.165) is 24.2 Å². The normalized spacial score (nSPS) is 43.8. The summed E-state index contributed by atoms with van der Waals surface area (Å²) in [7, 11) is 0. The quantitative estimate of drug-likeness (QED) is 0.359. The molecule has 0 saturated heterocycles. The zero-order valence-corrected chi connectivity index (χ0v) is 7.03. The van der Waals surface area contributed by atoms with Crippen LogP contribution in [-0.2, 0) is 0 Å². The van der Waals surface area contributed by atoms with E-state index in [1.54, 1.807) is 5.57 Å². The average Bonchev–Trinajstić information content (AvgIpc) is 2.03. The Hall–Kier alpha value is -0.860. The number of nitrogens with zero attached hydrogens (tertiary/aromatic N) is 2. The molecular formula is C9H13N3. The molecule has 12 heavy (non-hydrogen) atoms. The fourth-order valence-electron chi connectivity index (χ4n) is 3.32. The topological polar surface area (TPSA) is 50.7 Å². The van der Waals surface area contributed by atoms with Crippen LogP contribution in [0.2, 0.25) is 0 Å². The van der Waals surface area contributed by atoms with Gasteiger partial charge in [0.05, 0.1) is 5.70 Å². The van der Waals surface area contributed by atoms with Crippen LogP contribution in [0.5, 0.6) is 0 Å². The Bertz CT molecular complexity index is 265. The van der Waals surface area contributed by atoms with Gasteiger partial charge >= 0.3 is 0 Å². The van der Waals surface area contributed by atoms with Gasteiger partial charge in [-0.15, -0.1) is 5.11 Å². The van der Waals surface area contributed by atoms with E-state index in [2.05, 4.69) is 10.3 Å². The molecule has 0 amide bonds. The highest BCUT2D eigenvalue weighted by Gasteiger charge is 2.48. The van der Waals surface area contributed by atoms with Gasteiger partial charge in [0.1, 0.15) is 0 Å². The summed E-state index contributed by atoms with van der Waals surface area (Å²) in [6, 6.07) is 0. The van der Waals surface area contributed by atoms with Crippen molar-refractivity contribution in [2.24, 2.45) is 33.9 Å². The third kappa shape index (κ3) is 0.667. The summed E-state index contributed by atoms with van der Waals surface area (Å²) in [6.45, 7) is 0. The van der Waals surface area contributed by atoms with Crippen molar-refractivity contribution < 1.29 is 0 Å². The molecule has 3 nitrogen and oxygen atoms in total. The molecule has 5 rings (SSSR count). The second kappa shape index (κ2) is 2.09. The third-order valence-electron chi connectivity index (χ3n) is 3.68. The standard InChI is InChI=1S/C9H13N3/c10-12-11-8-3-5-1-6-4-7(2-5)9(6)8/h5-7H,1-4H2,(H2,10,11). The van der Waals surface area contributed by atoms with Gasteiger partial charge in [0.15, 0.2) is 0 Å². The van der Waals surface area contributed by atoms with Crippen LogP contribution in [0.3, 0.4) is 0 Å². The molecule has 2 N–H and O–H groups in total. The van der Waals surface area contributed by atoms with Gasteiger partial charge < -0.3 is 5.84 Å². The van der Waals surface area contributed by atoms with E-state index in [4.69, 9.17) is 5.84 Å². The first kappa shape index (κ1) is 6.63. The molecule has 0 spiro atoms. The van der Waals surface area contributed by atoms with Gasteiger partial charge in [-0.1, -0.05) is 5.22 Å². The Morgan fingerprint density at radius 1 is 1.17 bits per heavy atom. The second-order valence-electron chi connectivity index (χ2n) is 4.29. The molecule has 3 fully saturated rings. The average molecular weight is 163 g/mol. The predicted octanol–water partition coefficient (Wildman–Crippen LogP) is 2.02. The van der Waals surface area contributed by atoms with Crippen LogP contribution in [0.25, 0.3) is 0 Å². The van der Waals surface area contributed by atoms with Gasteiger partial charge in [-0.2, -0.15) is 0 Å². The summed E-state index contributed by atoms with van der Waals surface area (Å²) in [5, 5.41) is 7.43. The Labute approximate surface area is 71.7 Å². The maximum atomic E-state index is 5.08. The molecule has 64 valence electrons. The van der Waals surface area contributed by atoms with Crippen molar-refractivity contribution in [3.8, 4) is 0 Å². The largest absolute Gasteiger partial charge is 0.305 e. The van der Waals surface area contributed by atoms with E-state index in [0.29, 0.717) is 0 Å². The first-order valence-electron chi connectivity index (χ1n) is 4.72. The summed E-state index contributed by atoms with van der Waals surface area (Å²) in [5.41, 5.74) is 2.83. The summed E-state index contributed by atoms with van der Waals surface area (Å²) in [4.78, 5) is 0. The van der Waals surface area contributed by atoms with Crippen LogP contribution in [0.4, 0.5) is 0 Å². The molecule has 3 heteroatoms. The van der Waals surface area contributed by atoms with Gasteiger partial charge in [0.25, 0.3) is 0 Å². The Kier molecular flexibility index (Phi) is 1.15. The van der Waals surface area contributed by atoms with Gasteiger partial charge in [-0.3, -0.25) is 0 Å². The number of rotatable bonds is 1. The minimum Gasteiger partial charge on any atom is -0.305 e. The zero-order chi connectivity index (χ0) is 8.13. The fourth-order valence-corrected chi connectivity index (χ4v) is 3.32. The first-order chi connectivity index (χ1) is 5.88. The van der Waals surface area contributed by atoms with Crippen molar-refractivity contribution in [2.75, 3.05) is 0 Å². The van der Waals surface area contributed by atoms with Crippen molar-refractivity contribution in [2.45, 2.75) is 25.7 Å². The summed E-state index contributed by atoms with van der Waals surface area (Å²) < 4.78 is 0. The highest BCUT2D eigenvalue weighted by Crippen LogP contribution is 2.59. The van der Waals surface area contributed by atoms with E-state index in [1.807, 2.05) is 0 Å². The molecule has 4 bridgehead atoms. The molecule has 5 aliphatic rings. The molecule has 0 radical (unpaired) electrons. The number of fused-ring (bicyclic) bond motifs is 1. The van der Waals surface area contributed by atoms with Crippen molar-refractivity contribution in [3.63, 3.8) is 0 Å². The van der Waals surface area contributed by atoms with Gasteiger partial charge in [0, 0.05) is 0 Å². The van der Waals surface area contributed by atoms with Crippen molar-refractivity contribution in [3.05, 3.63) is 11.3 Å². The summed E-state index contributed by atoms with van der Waals surface area (Å²) in [5.74, 6) is 7.70. The molecule has 2 unspecified atom stereocenters. The van der Waals surface area contributed by atoms with E-state index < -0.39 is 0 Å². The van der Waals surface area contributed by atoms with Crippen LogP contribution >= 0.6 is 0 Å². The Morgan fingerprint density at radius 2 is 1.92 bits per heavy atom.